The van der Waals surface area contributed by atoms with Gasteiger partial charge in [-0.25, -0.2) is 15.0 Å². The molecule has 4 nitrogen and oxygen atoms in total. The molecule has 0 aliphatic carbocycles. The van der Waals surface area contributed by atoms with Crippen molar-refractivity contribution in [1.82, 2.24) is 15.0 Å². The molecule has 13 aromatic rings. The van der Waals surface area contributed by atoms with Crippen LogP contribution < -0.4 is 0 Å². The Morgan fingerprint density at radius 2 is 0.891 bits per heavy atom. The van der Waals surface area contributed by atoms with E-state index in [9.17, 15) is 0 Å². The van der Waals surface area contributed by atoms with Crippen LogP contribution in [-0.4, -0.2) is 15.0 Å². The Kier molecular flexibility index (Phi) is 8.36. The molecule has 13 rings (SSSR count). The Hall–Kier alpha value is -8.25. The molecule has 298 valence electrons. The molecule has 0 bridgehead atoms. The molecule has 0 aliphatic heterocycles. The third-order valence-corrected chi connectivity index (χ3v) is 13.7. The van der Waals surface area contributed by atoms with Gasteiger partial charge in [0.15, 0.2) is 17.5 Å². The fourth-order valence-corrected chi connectivity index (χ4v) is 10.8. The first-order valence-corrected chi connectivity index (χ1v) is 22.3. The second-order valence-corrected chi connectivity index (χ2v) is 17.3. The van der Waals surface area contributed by atoms with Gasteiger partial charge in [0, 0.05) is 42.1 Å². The quantitative estimate of drug-likeness (QED) is 0.167. The minimum absolute atomic E-state index is 0.560. The topological polar surface area (TPSA) is 51.8 Å². The molecule has 10 aromatic carbocycles. The summed E-state index contributed by atoms with van der Waals surface area (Å²) in [7, 11) is 0. The SMILES string of the molecule is c1ccc(-c2ccc(-c3nc(-c4cccc5c4oc4ccccc45)nc(-c4cc5ccccc5c5c4sc4cccc(-c6ccc(-c7ccccc7)c7ccccc67)c45)n3)cc2)cc1. The number of aromatic nitrogens is 3. The number of rotatable bonds is 6. The number of thiophene rings is 1. The van der Waals surface area contributed by atoms with Crippen LogP contribution in [0.5, 0.6) is 0 Å². The van der Waals surface area contributed by atoms with Crippen molar-refractivity contribution >= 4 is 75.0 Å². The Morgan fingerprint density at radius 3 is 1.69 bits per heavy atom. The summed E-state index contributed by atoms with van der Waals surface area (Å²) < 4.78 is 8.92. The Morgan fingerprint density at radius 1 is 0.328 bits per heavy atom. The highest BCUT2D eigenvalue weighted by atomic mass is 32.1. The molecule has 0 radical (unpaired) electrons. The van der Waals surface area contributed by atoms with Gasteiger partial charge in [-0.2, -0.15) is 0 Å². The van der Waals surface area contributed by atoms with Crippen molar-refractivity contribution in [3.05, 3.63) is 212 Å². The van der Waals surface area contributed by atoms with Crippen molar-refractivity contribution in [3.63, 3.8) is 0 Å². The summed E-state index contributed by atoms with van der Waals surface area (Å²) in [4.78, 5) is 16.0. The smallest absolute Gasteiger partial charge is 0.167 e. The van der Waals surface area contributed by atoms with Crippen LogP contribution in [0.15, 0.2) is 217 Å². The van der Waals surface area contributed by atoms with Gasteiger partial charge < -0.3 is 4.42 Å². The lowest BCUT2D eigenvalue weighted by Crippen LogP contribution is -2.00. The van der Waals surface area contributed by atoms with Crippen LogP contribution in [-0.2, 0) is 0 Å². The van der Waals surface area contributed by atoms with Crippen LogP contribution in [0.2, 0.25) is 0 Å². The van der Waals surface area contributed by atoms with Crippen LogP contribution >= 0.6 is 11.3 Å². The predicted octanol–water partition coefficient (Wildman–Crippen LogP) is 16.4. The molecule has 0 amide bonds. The highest BCUT2D eigenvalue weighted by Crippen LogP contribution is 2.49. The lowest BCUT2D eigenvalue weighted by Gasteiger charge is -2.14. The third kappa shape index (κ3) is 5.86. The fraction of sp³-hybridized carbons (Fsp3) is 0. The number of benzene rings is 10. The van der Waals surface area contributed by atoms with Crippen molar-refractivity contribution in [3.8, 4) is 67.5 Å². The van der Waals surface area contributed by atoms with E-state index in [0.717, 1.165) is 59.8 Å². The van der Waals surface area contributed by atoms with Crippen LogP contribution in [0.1, 0.15) is 0 Å². The van der Waals surface area contributed by atoms with E-state index in [1.54, 1.807) is 11.3 Å². The summed E-state index contributed by atoms with van der Waals surface area (Å²) in [5.41, 5.74) is 11.4. The van der Waals surface area contributed by atoms with E-state index < -0.39 is 0 Å². The maximum Gasteiger partial charge on any atom is 0.167 e. The maximum atomic E-state index is 6.58. The fourth-order valence-electron chi connectivity index (χ4n) is 9.57. The Balaban J connectivity index is 1.07. The monoisotopic (exact) mass is 833 g/mol. The molecule has 0 saturated carbocycles. The van der Waals surface area contributed by atoms with Gasteiger partial charge in [0.25, 0.3) is 0 Å². The lowest BCUT2D eigenvalue weighted by molar-refractivity contribution is 0.669. The summed E-state index contributed by atoms with van der Waals surface area (Å²) >= 11 is 1.80. The second kappa shape index (κ2) is 14.7. The van der Waals surface area contributed by atoms with E-state index >= 15 is 0 Å². The minimum atomic E-state index is 0.560. The zero-order valence-electron chi connectivity index (χ0n) is 34.4. The normalized spacial score (nSPS) is 11.8. The highest BCUT2D eigenvalue weighted by Gasteiger charge is 2.23. The Bertz CT molecular complexity index is 3950. The number of fused-ring (bicyclic) bond motifs is 9. The van der Waals surface area contributed by atoms with Gasteiger partial charge in [0.1, 0.15) is 11.2 Å². The molecule has 64 heavy (non-hydrogen) atoms. The lowest BCUT2D eigenvalue weighted by atomic mass is 9.89. The van der Waals surface area contributed by atoms with Crippen LogP contribution in [0.4, 0.5) is 0 Å². The summed E-state index contributed by atoms with van der Waals surface area (Å²) in [6.07, 6.45) is 0. The van der Waals surface area contributed by atoms with Gasteiger partial charge in [0.2, 0.25) is 0 Å². The van der Waals surface area contributed by atoms with Crippen LogP contribution in [0.3, 0.4) is 0 Å². The van der Waals surface area contributed by atoms with E-state index in [-0.39, 0.29) is 0 Å². The Labute approximate surface area is 372 Å². The molecule has 0 N–H and O–H groups in total. The molecule has 3 heterocycles. The first-order valence-electron chi connectivity index (χ1n) is 21.5. The van der Waals surface area contributed by atoms with Gasteiger partial charge in [0.05, 0.1) is 5.56 Å². The van der Waals surface area contributed by atoms with E-state index in [1.807, 2.05) is 24.3 Å². The van der Waals surface area contributed by atoms with Gasteiger partial charge in [-0.05, 0) is 79.2 Å². The minimum Gasteiger partial charge on any atom is -0.455 e. The number of nitrogens with zero attached hydrogens (tertiary/aromatic N) is 3. The largest absolute Gasteiger partial charge is 0.455 e. The molecule has 0 atom stereocenters. The third-order valence-electron chi connectivity index (χ3n) is 12.6. The molecular formula is C59H35N3OS. The highest BCUT2D eigenvalue weighted by molar-refractivity contribution is 7.26. The molecule has 0 spiro atoms. The maximum absolute atomic E-state index is 6.58. The first kappa shape index (κ1) is 36.4. The van der Waals surface area contributed by atoms with Gasteiger partial charge >= 0.3 is 0 Å². The van der Waals surface area contributed by atoms with Crippen molar-refractivity contribution in [2.45, 2.75) is 0 Å². The number of hydrogen-bond donors (Lipinski definition) is 0. The van der Waals surface area contributed by atoms with Gasteiger partial charge in [-0.1, -0.05) is 188 Å². The number of hydrogen-bond acceptors (Lipinski definition) is 5. The van der Waals surface area contributed by atoms with E-state index in [4.69, 9.17) is 19.4 Å². The van der Waals surface area contributed by atoms with Crippen molar-refractivity contribution < 1.29 is 4.42 Å². The van der Waals surface area contributed by atoms with Crippen molar-refractivity contribution in [2.24, 2.45) is 0 Å². The second-order valence-electron chi connectivity index (χ2n) is 16.2. The number of para-hydroxylation sites is 2. The van der Waals surface area contributed by atoms with E-state index in [0.29, 0.717) is 17.5 Å². The summed E-state index contributed by atoms with van der Waals surface area (Å²) in [6, 6.07) is 75.1. The molecule has 0 unspecified atom stereocenters. The molecular weight excluding hydrogens is 799 g/mol. The summed E-state index contributed by atoms with van der Waals surface area (Å²) in [5, 5.41) is 9.30. The van der Waals surface area contributed by atoms with Crippen LogP contribution in [0.25, 0.3) is 131 Å². The molecule has 0 fully saturated rings. The van der Waals surface area contributed by atoms with Crippen LogP contribution in [0, 0.1) is 0 Å². The molecule has 3 aromatic heterocycles. The molecule has 0 aliphatic rings. The van der Waals surface area contributed by atoms with Gasteiger partial charge in [-0.3, -0.25) is 0 Å². The summed E-state index contributed by atoms with van der Waals surface area (Å²) in [5.74, 6) is 1.77. The number of furan rings is 1. The van der Waals surface area contributed by atoms with E-state index in [2.05, 4.69) is 188 Å². The van der Waals surface area contributed by atoms with Crippen molar-refractivity contribution in [1.29, 1.82) is 0 Å². The molecule has 0 saturated heterocycles. The van der Waals surface area contributed by atoms with Crippen molar-refractivity contribution in [2.75, 3.05) is 0 Å². The standard InChI is InChI=1S/C59H35N3OS/c1-3-15-36(16-4-1)37-29-31-39(32-30-37)57-60-58(49-26-13-25-48-46-23-11-12-27-51(46)63-55(48)49)62-59(61-57)50-35-40-19-7-8-20-42(40)54-53-47(24-14-28-52(53)64-56(50)54)45-34-33-41(38-17-5-2-6-18-38)43-21-9-10-22-44(43)45/h1-35H. The first-order chi connectivity index (χ1) is 31.7. The predicted molar refractivity (Wildman–Crippen MR) is 268 cm³/mol. The summed E-state index contributed by atoms with van der Waals surface area (Å²) in [6.45, 7) is 0. The average Bonchev–Trinajstić information content (AvgIpc) is 3.96. The van der Waals surface area contributed by atoms with Gasteiger partial charge in [-0.15, -0.1) is 11.3 Å². The zero-order valence-corrected chi connectivity index (χ0v) is 35.2. The average molecular weight is 834 g/mol. The van der Waals surface area contributed by atoms with E-state index in [1.165, 1.54) is 53.9 Å². The zero-order chi connectivity index (χ0) is 42.1. The molecule has 5 heteroatoms.